The van der Waals surface area contributed by atoms with Gasteiger partial charge in [0.1, 0.15) is 4.88 Å². The Kier molecular flexibility index (Phi) is 4.27. The first-order chi connectivity index (χ1) is 9.90. The number of carbonyl (C=O) groups excluding carboxylic acids is 1. The van der Waals surface area contributed by atoms with Crippen molar-refractivity contribution in [3.63, 3.8) is 0 Å². The normalized spacial score (nSPS) is 12.0. The summed E-state index contributed by atoms with van der Waals surface area (Å²) < 4.78 is 26.1. The van der Waals surface area contributed by atoms with Gasteiger partial charge in [0.15, 0.2) is 17.7 Å². The maximum atomic E-state index is 13.2. The van der Waals surface area contributed by atoms with Crippen LogP contribution in [-0.4, -0.2) is 22.0 Å². The Hall–Kier alpha value is -2.35. The molecule has 110 valence electrons. The Morgan fingerprint density at radius 3 is 2.57 bits per heavy atom. The van der Waals surface area contributed by atoms with Gasteiger partial charge in [-0.15, -0.1) is 11.3 Å². The first-order valence-electron chi connectivity index (χ1n) is 5.79. The number of hydrogen-bond acceptors (Lipinski definition) is 4. The maximum absolute atomic E-state index is 13.2. The van der Waals surface area contributed by atoms with Crippen LogP contribution in [0.1, 0.15) is 27.0 Å². The van der Waals surface area contributed by atoms with Crippen LogP contribution in [0.4, 0.5) is 8.78 Å². The fourth-order valence-corrected chi connectivity index (χ4v) is 2.40. The summed E-state index contributed by atoms with van der Waals surface area (Å²) in [6, 6.07) is 1.18. The van der Waals surface area contributed by atoms with Crippen molar-refractivity contribution in [2.24, 2.45) is 0 Å². The Morgan fingerprint density at radius 1 is 1.33 bits per heavy atom. The predicted molar refractivity (Wildman–Crippen MR) is 71.1 cm³/mol. The number of aryl methyl sites for hydroxylation is 1. The highest BCUT2D eigenvalue weighted by Gasteiger charge is 2.25. The summed E-state index contributed by atoms with van der Waals surface area (Å²) in [5, 5.41) is 11.4. The molecule has 5 nitrogen and oxygen atoms in total. The number of nitrogens with one attached hydrogen (secondary N) is 1. The van der Waals surface area contributed by atoms with Gasteiger partial charge in [-0.2, -0.15) is 0 Å². The summed E-state index contributed by atoms with van der Waals surface area (Å²) in [7, 11) is 0. The van der Waals surface area contributed by atoms with Gasteiger partial charge < -0.3 is 10.4 Å². The van der Waals surface area contributed by atoms with Crippen molar-refractivity contribution in [2.75, 3.05) is 0 Å². The molecule has 2 aromatic rings. The first-order valence-corrected chi connectivity index (χ1v) is 6.67. The summed E-state index contributed by atoms with van der Waals surface area (Å²) in [4.78, 5) is 27.4. The van der Waals surface area contributed by atoms with Crippen molar-refractivity contribution in [2.45, 2.75) is 13.0 Å². The lowest BCUT2D eigenvalue weighted by Crippen LogP contribution is -2.33. The number of thiazole rings is 1. The summed E-state index contributed by atoms with van der Waals surface area (Å²) in [6.07, 6.45) is 0. The van der Waals surface area contributed by atoms with Gasteiger partial charge in [0.25, 0.3) is 5.91 Å². The second-order valence-corrected chi connectivity index (χ2v) is 5.04. The van der Waals surface area contributed by atoms with E-state index in [9.17, 15) is 18.4 Å². The summed E-state index contributed by atoms with van der Waals surface area (Å²) in [5.74, 6) is -4.28. The van der Waals surface area contributed by atoms with Gasteiger partial charge in [-0.05, 0) is 24.6 Å². The van der Waals surface area contributed by atoms with Gasteiger partial charge >= 0.3 is 5.97 Å². The third kappa shape index (κ3) is 3.22. The maximum Gasteiger partial charge on any atom is 0.330 e. The molecule has 0 saturated heterocycles. The number of rotatable bonds is 4. The number of benzene rings is 1. The van der Waals surface area contributed by atoms with E-state index < -0.39 is 29.6 Å². The zero-order chi connectivity index (χ0) is 15.6. The van der Waals surface area contributed by atoms with Crippen LogP contribution in [0.2, 0.25) is 0 Å². The van der Waals surface area contributed by atoms with Crippen molar-refractivity contribution in [3.8, 4) is 0 Å². The number of carboxylic acid groups (broad SMARTS) is 1. The second kappa shape index (κ2) is 5.96. The molecule has 0 spiro atoms. The van der Waals surface area contributed by atoms with Crippen molar-refractivity contribution in [3.05, 3.63) is 51.5 Å². The van der Waals surface area contributed by atoms with Crippen LogP contribution in [-0.2, 0) is 4.79 Å². The third-order valence-corrected chi connectivity index (χ3v) is 3.68. The van der Waals surface area contributed by atoms with E-state index in [1.807, 2.05) is 0 Å². The van der Waals surface area contributed by atoms with Crippen LogP contribution < -0.4 is 5.32 Å². The molecule has 0 saturated carbocycles. The highest BCUT2D eigenvalue weighted by molar-refractivity contribution is 7.11. The lowest BCUT2D eigenvalue weighted by atomic mass is 10.1. The van der Waals surface area contributed by atoms with Crippen LogP contribution in [0.3, 0.4) is 0 Å². The van der Waals surface area contributed by atoms with Crippen LogP contribution in [0.5, 0.6) is 0 Å². The standard InChI is InChI=1S/C13H10F2N2O3S/c1-6-11(21-5-16-6)12(18)17-10(13(19)20)7-2-3-8(14)9(15)4-7/h2-5,10H,1H3,(H,17,18)(H,19,20). The topological polar surface area (TPSA) is 79.3 Å². The second-order valence-electron chi connectivity index (χ2n) is 4.19. The number of hydrogen-bond donors (Lipinski definition) is 2. The van der Waals surface area contributed by atoms with Crippen molar-refractivity contribution in [1.82, 2.24) is 10.3 Å². The molecule has 1 atom stereocenters. The molecule has 0 aliphatic carbocycles. The summed E-state index contributed by atoms with van der Waals surface area (Å²) in [6.45, 7) is 1.61. The van der Waals surface area contributed by atoms with Crippen LogP contribution >= 0.6 is 11.3 Å². The Bertz CT molecular complexity index is 702. The van der Waals surface area contributed by atoms with Crippen molar-refractivity contribution in [1.29, 1.82) is 0 Å². The number of aliphatic carboxylic acids is 1. The molecule has 0 bridgehead atoms. The molecule has 2 rings (SSSR count). The average Bonchev–Trinajstić information content (AvgIpc) is 2.85. The minimum atomic E-state index is -1.48. The molecule has 1 amide bonds. The molecule has 0 fully saturated rings. The fraction of sp³-hybridized carbons (Fsp3) is 0.154. The Morgan fingerprint density at radius 2 is 2.05 bits per heavy atom. The summed E-state index contributed by atoms with van der Waals surface area (Å²) >= 11 is 1.06. The molecule has 2 N–H and O–H groups in total. The zero-order valence-electron chi connectivity index (χ0n) is 10.8. The SMILES string of the molecule is Cc1ncsc1C(=O)NC(C(=O)O)c1ccc(F)c(F)c1. The minimum Gasteiger partial charge on any atom is -0.479 e. The van der Waals surface area contributed by atoms with Gasteiger partial charge in [0.2, 0.25) is 0 Å². The fourth-order valence-electron chi connectivity index (χ4n) is 1.70. The molecular weight excluding hydrogens is 302 g/mol. The van der Waals surface area contributed by atoms with E-state index in [0.717, 1.165) is 29.5 Å². The molecule has 0 radical (unpaired) electrons. The smallest absolute Gasteiger partial charge is 0.330 e. The molecule has 8 heteroatoms. The molecular formula is C13H10F2N2O3S. The quantitative estimate of drug-likeness (QED) is 0.908. The molecule has 1 aromatic carbocycles. The Balaban J connectivity index is 2.28. The minimum absolute atomic E-state index is 0.0584. The zero-order valence-corrected chi connectivity index (χ0v) is 11.6. The highest BCUT2D eigenvalue weighted by Crippen LogP contribution is 2.19. The number of carboxylic acids is 1. The molecule has 0 aliphatic heterocycles. The van der Waals surface area contributed by atoms with E-state index in [4.69, 9.17) is 5.11 Å². The number of carbonyl (C=O) groups is 2. The highest BCUT2D eigenvalue weighted by atomic mass is 32.1. The number of halogens is 2. The predicted octanol–water partition coefficient (Wildman–Crippen LogP) is 2.29. The molecule has 21 heavy (non-hydrogen) atoms. The van der Waals surface area contributed by atoms with Gasteiger partial charge in [-0.3, -0.25) is 4.79 Å². The van der Waals surface area contributed by atoms with Crippen LogP contribution in [0.25, 0.3) is 0 Å². The van der Waals surface area contributed by atoms with E-state index in [0.29, 0.717) is 5.69 Å². The number of nitrogens with zero attached hydrogens (tertiary/aromatic N) is 1. The van der Waals surface area contributed by atoms with Gasteiger partial charge in [-0.25, -0.2) is 18.6 Å². The molecule has 1 heterocycles. The van der Waals surface area contributed by atoms with E-state index in [1.54, 1.807) is 6.92 Å². The molecule has 1 unspecified atom stereocenters. The lowest BCUT2D eigenvalue weighted by Gasteiger charge is -2.14. The van der Waals surface area contributed by atoms with Gasteiger partial charge in [0, 0.05) is 0 Å². The molecule has 1 aromatic heterocycles. The van der Waals surface area contributed by atoms with Crippen LogP contribution in [0.15, 0.2) is 23.7 Å². The number of amides is 1. The summed E-state index contributed by atoms with van der Waals surface area (Å²) in [5.41, 5.74) is 1.86. The van der Waals surface area contributed by atoms with Crippen molar-refractivity contribution < 1.29 is 23.5 Å². The first kappa shape index (κ1) is 15.0. The monoisotopic (exact) mass is 312 g/mol. The van der Waals surface area contributed by atoms with Gasteiger partial charge in [-0.1, -0.05) is 6.07 Å². The van der Waals surface area contributed by atoms with E-state index >= 15 is 0 Å². The Labute approximate surface area is 122 Å². The van der Waals surface area contributed by atoms with E-state index in [1.165, 1.54) is 5.51 Å². The lowest BCUT2D eigenvalue weighted by molar-refractivity contribution is -0.139. The third-order valence-electron chi connectivity index (χ3n) is 2.75. The largest absolute Gasteiger partial charge is 0.479 e. The van der Waals surface area contributed by atoms with E-state index in [2.05, 4.69) is 10.3 Å². The average molecular weight is 312 g/mol. The van der Waals surface area contributed by atoms with Crippen LogP contribution in [0, 0.1) is 18.6 Å². The van der Waals surface area contributed by atoms with Gasteiger partial charge in [0.05, 0.1) is 11.2 Å². The molecule has 0 aliphatic rings. The van der Waals surface area contributed by atoms with E-state index in [-0.39, 0.29) is 10.4 Å². The number of aromatic nitrogens is 1. The van der Waals surface area contributed by atoms with Crippen molar-refractivity contribution >= 4 is 23.2 Å².